The number of carbonyl (C=O) groups excluding carboxylic acids is 2. The summed E-state index contributed by atoms with van der Waals surface area (Å²) >= 11 is 3.35. The number of halogens is 1. The van der Waals surface area contributed by atoms with Crippen LogP contribution in [0.25, 0.3) is 0 Å². The summed E-state index contributed by atoms with van der Waals surface area (Å²) < 4.78 is 0.972. The largest absolute Gasteiger partial charge is 0.326 e. The van der Waals surface area contributed by atoms with Crippen LogP contribution in [0.5, 0.6) is 0 Å². The van der Waals surface area contributed by atoms with Crippen LogP contribution in [-0.4, -0.2) is 11.8 Å². The van der Waals surface area contributed by atoms with Crippen molar-refractivity contribution in [2.75, 3.05) is 10.6 Å². The van der Waals surface area contributed by atoms with Crippen molar-refractivity contribution in [2.24, 2.45) is 0 Å². The minimum Gasteiger partial charge on any atom is -0.326 e. The lowest BCUT2D eigenvalue weighted by molar-refractivity contribution is -0.118. The Hall–Kier alpha value is -2.14. The summed E-state index contributed by atoms with van der Waals surface area (Å²) in [6.07, 6.45) is 2.20. The van der Waals surface area contributed by atoms with Crippen LogP contribution in [0.3, 0.4) is 0 Å². The molecule has 23 heavy (non-hydrogen) atoms. The minimum atomic E-state index is -0.0317. The summed E-state index contributed by atoms with van der Waals surface area (Å²) in [7, 11) is 0. The van der Waals surface area contributed by atoms with Gasteiger partial charge in [0.25, 0.3) is 0 Å². The monoisotopic (exact) mass is 374 g/mol. The number of rotatable bonds is 7. The lowest BCUT2D eigenvalue weighted by atomic mass is 10.1. The summed E-state index contributed by atoms with van der Waals surface area (Å²) in [5.74, 6) is -0.0553. The van der Waals surface area contributed by atoms with Crippen molar-refractivity contribution in [2.45, 2.75) is 25.7 Å². The molecule has 2 rings (SSSR count). The second-order valence-electron chi connectivity index (χ2n) is 5.18. The molecule has 0 unspecified atom stereocenters. The van der Waals surface area contributed by atoms with E-state index in [2.05, 4.69) is 26.6 Å². The molecule has 0 saturated carbocycles. The maximum Gasteiger partial charge on any atom is 0.224 e. The Morgan fingerprint density at radius 2 is 1.22 bits per heavy atom. The van der Waals surface area contributed by atoms with E-state index < -0.39 is 0 Å². The number of carbonyl (C=O) groups is 2. The fraction of sp³-hybridized carbons (Fsp3) is 0.222. The van der Waals surface area contributed by atoms with Crippen molar-refractivity contribution in [3.63, 3.8) is 0 Å². The molecule has 0 atom stereocenters. The van der Waals surface area contributed by atoms with Gasteiger partial charge in [-0.2, -0.15) is 0 Å². The number of unbranched alkanes of at least 4 members (excludes halogenated alkanes) is 1. The van der Waals surface area contributed by atoms with Gasteiger partial charge in [0.05, 0.1) is 0 Å². The molecule has 2 aromatic rings. The SMILES string of the molecule is O=C(CCCCC(=O)Nc1ccc(Br)cc1)Nc1ccccc1. The Bertz CT molecular complexity index is 642. The number of hydrogen-bond donors (Lipinski definition) is 2. The van der Waals surface area contributed by atoms with Crippen LogP contribution < -0.4 is 10.6 Å². The van der Waals surface area contributed by atoms with Crippen LogP contribution in [0.2, 0.25) is 0 Å². The van der Waals surface area contributed by atoms with E-state index in [1.165, 1.54) is 0 Å². The molecule has 0 spiro atoms. The van der Waals surface area contributed by atoms with Gasteiger partial charge in [0, 0.05) is 28.7 Å². The number of nitrogens with one attached hydrogen (secondary N) is 2. The summed E-state index contributed by atoms with van der Waals surface area (Å²) in [6, 6.07) is 16.8. The zero-order valence-corrected chi connectivity index (χ0v) is 14.3. The first kappa shape index (κ1) is 17.2. The average molecular weight is 375 g/mol. The summed E-state index contributed by atoms with van der Waals surface area (Å²) in [4.78, 5) is 23.6. The molecule has 0 radical (unpaired) electrons. The van der Waals surface area contributed by atoms with Crippen molar-refractivity contribution in [1.29, 1.82) is 0 Å². The standard InChI is InChI=1S/C18H19BrN2O2/c19-14-10-12-16(13-11-14)21-18(23)9-5-4-8-17(22)20-15-6-2-1-3-7-15/h1-3,6-7,10-13H,4-5,8-9H2,(H,20,22)(H,21,23). The van der Waals surface area contributed by atoms with Crippen molar-refractivity contribution in [3.8, 4) is 0 Å². The van der Waals surface area contributed by atoms with Crippen LogP contribution in [0.15, 0.2) is 59.1 Å². The Labute approximate surface area is 144 Å². The topological polar surface area (TPSA) is 58.2 Å². The Balaban J connectivity index is 1.62. The minimum absolute atomic E-state index is 0.0236. The van der Waals surface area contributed by atoms with Crippen LogP contribution >= 0.6 is 15.9 Å². The Kier molecular flexibility index (Phi) is 6.81. The molecule has 2 aromatic carbocycles. The number of para-hydroxylation sites is 1. The van der Waals surface area contributed by atoms with Crippen molar-refractivity contribution >= 4 is 39.1 Å². The first-order valence-electron chi connectivity index (χ1n) is 7.54. The van der Waals surface area contributed by atoms with Gasteiger partial charge in [-0.25, -0.2) is 0 Å². The van der Waals surface area contributed by atoms with Gasteiger partial charge in [-0.05, 0) is 49.2 Å². The van der Waals surface area contributed by atoms with Gasteiger partial charge in [0.1, 0.15) is 0 Å². The van der Waals surface area contributed by atoms with Crippen LogP contribution in [-0.2, 0) is 9.59 Å². The van der Waals surface area contributed by atoms with Gasteiger partial charge >= 0.3 is 0 Å². The summed E-state index contributed by atoms with van der Waals surface area (Å²) in [6.45, 7) is 0. The third kappa shape index (κ3) is 6.65. The quantitative estimate of drug-likeness (QED) is 0.696. The highest BCUT2D eigenvalue weighted by Gasteiger charge is 2.05. The summed E-state index contributed by atoms with van der Waals surface area (Å²) in [5, 5.41) is 5.67. The van der Waals surface area contributed by atoms with E-state index in [4.69, 9.17) is 0 Å². The second-order valence-corrected chi connectivity index (χ2v) is 6.09. The number of anilines is 2. The molecule has 0 aliphatic rings. The van der Waals surface area contributed by atoms with Crippen molar-refractivity contribution in [1.82, 2.24) is 0 Å². The number of hydrogen-bond acceptors (Lipinski definition) is 2. The normalized spacial score (nSPS) is 10.1. The fourth-order valence-electron chi connectivity index (χ4n) is 2.07. The van der Waals surface area contributed by atoms with Crippen molar-refractivity contribution in [3.05, 3.63) is 59.1 Å². The first-order valence-corrected chi connectivity index (χ1v) is 8.33. The van der Waals surface area contributed by atoms with Crippen LogP contribution in [0, 0.1) is 0 Å². The van der Waals surface area contributed by atoms with Gasteiger partial charge in [0.2, 0.25) is 11.8 Å². The molecule has 0 aliphatic carbocycles. The molecule has 2 amide bonds. The molecule has 0 aromatic heterocycles. The first-order chi connectivity index (χ1) is 11.1. The van der Waals surface area contributed by atoms with Gasteiger partial charge in [-0.15, -0.1) is 0 Å². The summed E-state index contributed by atoms with van der Waals surface area (Å²) in [5.41, 5.74) is 1.57. The highest BCUT2D eigenvalue weighted by Crippen LogP contribution is 2.14. The zero-order valence-electron chi connectivity index (χ0n) is 12.7. The van der Waals surface area contributed by atoms with E-state index in [1.54, 1.807) is 0 Å². The van der Waals surface area contributed by atoms with Crippen molar-refractivity contribution < 1.29 is 9.59 Å². The molecular weight excluding hydrogens is 356 g/mol. The molecule has 0 saturated heterocycles. The maximum atomic E-state index is 11.8. The molecule has 4 nitrogen and oxygen atoms in total. The predicted octanol–water partition coefficient (Wildman–Crippen LogP) is 4.59. The van der Waals surface area contributed by atoms with E-state index in [0.717, 1.165) is 15.8 Å². The van der Waals surface area contributed by atoms with Gasteiger partial charge < -0.3 is 10.6 Å². The average Bonchev–Trinajstić information content (AvgIpc) is 2.55. The van der Waals surface area contributed by atoms with E-state index in [0.29, 0.717) is 25.7 Å². The zero-order chi connectivity index (χ0) is 16.5. The van der Waals surface area contributed by atoms with Gasteiger partial charge in [0.15, 0.2) is 0 Å². The third-order valence-electron chi connectivity index (χ3n) is 3.24. The van der Waals surface area contributed by atoms with Gasteiger partial charge in [-0.3, -0.25) is 9.59 Å². The van der Waals surface area contributed by atoms with E-state index in [9.17, 15) is 9.59 Å². The number of benzene rings is 2. The highest BCUT2D eigenvalue weighted by atomic mass is 79.9. The van der Waals surface area contributed by atoms with E-state index in [-0.39, 0.29) is 11.8 Å². The predicted molar refractivity (Wildman–Crippen MR) is 96.3 cm³/mol. The lowest BCUT2D eigenvalue weighted by Gasteiger charge is -2.06. The lowest BCUT2D eigenvalue weighted by Crippen LogP contribution is -2.13. The van der Waals surface area contributed by atoms with E-state index in [1.807, 2.05) is 54.6 Å². The van der Waals surface area contributed by atoms with Crippen LogP contribution in [0.4, 0.5) is 11.4 Å². The molecule has 0 heterocycles. The molecule has 0 bridgehead atoms. The maximum absolute atomic E-state index is 11.8. The molecule has 2 N–H and O–H groups in total. The molecular formula is C18H19BrN2O2. The van der Waals surface area contributed by atoms with Gasteiger partial charge in [-0.1, -0.05) is 34.1 Å². The molecule has 120 valence electrons. The molecule has 0 fully saturated rings. The Morgan fingerprint density at radius 3 is 1.74 bits per heavy atom. The Morgan fingerprint density at radius 1 is 0.739 bits per heavy atom. The smallest absolute Gasteiger partial charge is 0.224 e. The third-order valence-corrected chi connectivity index (χ3v) is 3.77. The van der Waals surface area contributed by atoms with E-state index >= 15 is 0 Å². The molecule has 5 heteroatoms. The second kappa shape index (κ2) is 9.10. The number of amides is 2. The van der Waals surface area contributed by atoms with Crippen LogP contribution in [0.1, 0.15) is 25.7 Å². The fourth-order valence-corrected chi connectivity index (χ4v) is 2.34. The molecule has 0 aliphatic heterocycles. The highest BCUT2D eigenvalue weighted by molar-refractivity contribution is 9.10.